The largest absolute Gasteiger partial charge is 0.493 e. The number of rotatable bonds is 16. The lowest BCUT2D eigenvalue weighted by Gasteiger charge is -2.40. The van der Waals surface area contributed by atoms with Crippen molar-refractivity contribution in [2.45, 2.75) is 70.8 Å². The molecule has 38 heavy (non-hydrogen) atoms. The fourth-order valence-corrected chi connectivity index (χ4v) is 5.14. The van der Waals surface area contributed by atoms with E-state index in [1.807, 2.05) is 6.92 Å². The lowest BCUT2D eigenvalue weighted by Crippen LogP contribution is -2.56. The SMILES string of the molecule is CCCCCCN(C(=O)COCC)C1CC(C(=O)NCCO)=CC(Oc2c(I)cc(CO)cc2OC)C1O. The van der Waals surface area contributed by atoms with Gasteiger partial charge in [-0.05, 0) is 59.7 Å². The van der Waals surface area contributed by atoms with Crippen molar-refractivity contribution in [3.05, 3.63) is 32.9 Å². The van der Waals surface area contributed by atoms with Crippen molar-refractivity contribution in [1.82, 2.24) is 10.2 Å². The molecule has 0 spiro atoms. The van der Waals surface area contributed by atoms with Gasteiger partial charge >= 0.3 is 0 Å². The molecule has 0 saturated heterocycles. The van der Waals surface area contributed by atoms with Crippen LogP contribution >= 0.6 is 22.6 Å². The maximum absolute atomic E-state index is 13.2. The molecule has 0 fully saturated rings. The van der Waals surface area contributed by atoms with E-state index in [2.05, 4.69) is 34.8 Å². The molecule has 1 aromatic rings. The summed E-state index contributed by atoms with van der Waals surface area (Å²) in [5, 5.41) is 32.9. The van der Waals surface area contributed by atoms with Crippen molar-refractivity contribution in [3.63, 3.8) is 0 Å². The smallest absolute Gasteiger partial charge is 0.248 e. The van der Waals surface area contributed by atoms with Gasteiger partial charge in [-0.25, -0.2) is 0 Å². The Kier molecular flexibility index (Phi) is 14.4. The molecule has 10 nitrogen and oxygen atoms in total. The summed E-state index contributed by atoms with van der Waals surface area (Å²) in [5.41, 5.74) is 0.988. The first-order valence-electron chi connectivity index (χ1n) is 13.1. The van der Waals surface area contributed by atoms with Crippen molar-refractivity contribution >= 4 is 34.4 Å². The number of methoxy groups -OCH3 is 1. The van der Waals surface area contributed by atoms with Crippen LogP contribution in [0.4, 0.5) is 0 Å². The number of nitrogens with one attached hydrogen (secondary N) is 1. The summed E-state index contributed by atoms with van der Waals surface area (Å²) in [6.45, 7) is 4.27. The van der Waals surface area contributed by atoms with Gasteiger partial charge in [-0.3, -0.25) is 9.59 Å². The van der Waals surface area contributed by atoms with Crippen molar-refractivity contribution in [2.75, 3.05) is 40.0 Å². The van der Waals surface area contributed by atoms with Gasteiger partial charge in [0, 0.05) is 31.7 Å². The minimum Gasteiger partial charge on any atom is -0.493 e. The average molecular weight is 649 g/mol. The van der Waals surface area contributed by atoms with Crippen LogP contribution in [0.5, 0.6) is 11.5 Å². The number of amides is 2. The van der Waals surface area contributed by atoms with Crippen molar-refractivity contribution in [1.29, 1.82) is 0 Å². The number of carbonyl (C=O) groups excluding carboxylic acids is 2. The van der Waals surface area contributed by atoms with E-state index in [0.717, 1.165) is 25.7 Å². The van der Waals surface area contributed by atoms with E-state index >= 15 is 0 Å². The van der Waals surface area contributed by atoms with Gasteiger partial charge in [-0.1, -0.05) is 26.2 Å². The normalized spacial score (nSPS) is 19.0. The molecule has 1 aliphatic rings. The van der Waals surface area contributed by atoms with Gasteiger partial charge in [0.2, 0.25) is 11.8 Å². The molecule has 0 radical (unpaired) electrons. The van der Waals surface area contributed by atoms with E-state index in [9.17, 15) is 24.9 Å². The Morgan fingerprint density at radius 2 is 1.95 bits per heavy atom. The first-order valence-corrected chi connectivity index (χ1v) is 14.2. The van der Waals surface area contributed by atoms with Gasteiger partial charge < -0.3 is 39.7 Å². The van der Waals surface area contributed by atoms with Gasteiger partial charge in [-0.2, -0.15) is 0 Å². The fraction of sp³-hybridized carbons (Fsp3) is 0.630. The third-order valence-electron chi connectivity index (χ3n) is 6.34. The number of benzene rings is 1. The summed E-state index contributed by atoms with van der Waals surface area (Å²) in [4.78, 5) is 27.7. The Labute approximate surface area is 238 Å². The van der Waals surface area contributed by atoms with Gasteiger partial charge in [0.15, 0.2) is 11.5 Å². The predicted molar refractivity (Wildman–Crippen MR) is 151 cm³/mol. The number of carbonyl (C=O) groups is 2. The first kappa shape index (κ1) is 32.3. The monoisotopic (exact) mass is 648 g/mol. The highest BCUT2D eigenvalue weighted by atomic mass is 127. The number of ether oxygens (including phenoxy) is 3. The Morgan fingerprint density at radius 3 is 2.58 bits per heavy atom. The molecule has 0 bridgehead atoms. The fourth-order valence-electron chi connectivity index (χ4n) is 4.35. The maximum atomic E-state index is 13.2. The van der Waals surface area contributed by atoms with E-state index in [1.165, 1.54) is 7.11 Å². The minimum atomic E-state index is -1.14. The van der Waals surface area contributed by atoms with Crippen LogP contribution in [-0.2, 0) is 20.9 Å². The molecule has 3 unspecified atom stereocenters. The number of unbranched alkanes of at least 4 members (excludes halogenated alkanes) is 3. The Balaban J connectivity index is 2.45. The Hall–Kier alpha value is -1.93. The molecule has 11 heteroatoms. The number of aliphatic hydroxyl groups excluding tert-OH is 3. The average Bonchev–Trinajstić information content (AvgIpc) is 2.92. The van der Waals surface area contributed by atoms with E-state index in [-0.39, 0.29) is 38.7 Å². The summed E-state index contributed by atoms with van der Waals surface area (Å²) >= 11 is 2.06. The zero-order chi connectivity index (χ0) is 28.1. The van der Waals surface area contributed by atoms with E-state index < -0.39 is 24.2 Å². The highest BCUT2D eigenvalue weighted by molar-refractivity contribution is 14.1. The van der Waals surface area contributed by atoms with Crippen LogP contribution in [-0.4, -0.2) is 90.3 Å². The topological polar surface area (TPSA) is 138 Å². The molecule has 1 aromatic carbocycles. The zero-order valence-corrected chi connectivity index (χ0v) is 24.6. The summed E-state index contributed by atoms with van der Waals surface area (Å²) in [5.74, 6) is 0.0722. The maximum Gasteiger partial charge on any atom is 0.248 e. The molecule has 214 valence electrons. The van der Waals surface area contributed by atoms with Gasteiger partial charge in [0.1, 0.15) is 18.8 Å². The van der Waals surface area contributed by atoms with Gasteiger partial charge in [0.25, 0.3) is 0 Å². The molecule has 3 atom stereocenters. The third-order valence-corrected chi connectivity index (χ3v) is 7.14. The van der Waals surface area contributed by atoms with Crippen LogP contribution in [0.3, 0.4) is 0 Å². The molecule has 0 aliphatic heterocycles. The van der Waals surface area contributed by atoms with E-state index in [1.54, 1.807) is 23.1 Å². The van der Waals surface area contributed by atoms with Crippen molar-refractivity contribution in [2.24, 2.45) is 0 Å². The van der Waals surface area contributed by atoms with Crippen LogP contribution in [0.25, 0.3) is 0 Å². The van der Waals surface area contributed by atoms with E-state index in [0.29, 0.717) is 39.4 Å². The quantitative estimate of drug-likeness (QED) is 0.158. The van der Waals surface area contributed by atoms with Crippen LogP contribution in [0.1, 0.15) is 51.5 Å². The Morgan fingerprint density at radius 1 is 1.18 bits per heavy atom. The molecule has 0 heterocycles. The summed E-state index contributed by atoms with van der Waals surface area (Å²) < 4.78 is 17.8. The van der Waals surface area contributed by atoms with Crippen LogP contribution in [0.15, 0.2) is 23.8 Å². The third kappa shape index (κ3) is 9.08. The molecule has 4 N–H and O–H groups in total. The molecular formula is C27H41IN2O8. The van der Waals surface area contributed by atoms with Crippen LogP contribution < -0.4 is 14.8 Å². The second-order valence-electron chi connectivity index (χ2n) is 9.07. The lowest BCUT2D eigenvalue weighted by molar-refractivity contribution is -0.143. The number of hydrogen-bond donors (Lipinski definition) is 4. The van der Waals surface area contributed by atoms with E-state index in [4.69, 9.17) is 14.2 Å². The number of halogens is 1. The standard InChI is InChI=1S/C27H41IN2O8/c1-4-6-7-8-10-30(24(33)17-37-5-2)21-14-19(27(35)29-9-11-31)15-22(25(21)34)38-26-20(28)12-18(16-32)13-23(26)36-3/h12-13,15,21-22,25,31-32,34H,4-11,14,16-17H2,1-3H3,(H,29,35). The van der Waals surface area contributed by atoms with Gasteiger partial charge in [0.05, 0.1) is 29.9 Å². The number of aliphatic hydroxyl groups is 3. The molecule has 2 amide bonds. The van der Waals surface area contributed by atoms with Crippen molar-refractivity contribution < 1.29 is 39.1 Å². The number of nitrogens with zero attached hydrogens (tertiary/aromatic N) is 1. The second kappa shape index (κ2) is 16.9. The summed E-state index contributed by atoms with van der Waals surface area (Å²) in [7, 11) is 1.48. The number of hydrogen-bond acceptors (Lipinski definition) is 8. The van der Waals surface area contributed by atoms with Crippen LogP contribution in [0.2, 0.25) is 0 Å². The zero-order valence-electron chi connectivity index (χ0n) is 22.5. The molecular weight excluding hydrogens is 607 g/mol. The minimum absolute atomic E-state index is 0.0767. The predicted octanol–water partition coefficient (Wildman–Crippen LogP) is 2.15. The molecule has 0 saturated carbocycles. The lowest BCUT2D eigenvalue weighted by atomic mass is 9.88. The summed E-state index contributed by atoms with van der Waals surface area (Å²) in [6, 6.07) is 2.67. The summed E-state index contributed by atoms with van der Waals surface area (Å²) in [6.07, 6.45) is 3.34. The molecule has 0 aromatic heterocycles. The first-order chi connectivity index (χ1) is 18.3. The van der Waals surface area contributed by atoms with Crippen LogP contribution in [0, 0.1) is 3.57 Å². The highest BCUT2D eigenvalue weighted by Crippen LogP contribution is 2.37. The van der Waals surface area contributed by atoms with Gasteiger partial charge in [-0.15, -0.1) is 0 Å². The highest BCUT2D eigenvalue weighted by Gasteiger charge is 2.40. The molecule has 1 aliphatic carbocycles. The second-order valence-corrected chi connectivity index (χ2v) is 10.2. The Bertz CT molecular complexity index is 942. The molecule has 2 rings (SSSR count). The van der Waals surface area contributed by atoms with Crippen molar-refractivity contribution in [3.8, 4) is 11.5 Å².